The molecule has 0 aliphatic carbocycles. The molecule has 1 aliphatic rings. The van der Waals surface area contributed by atoms with Crippen molar-refractivity contribution < 1.29 is 14.6 Å². The number of ether oxygens (including phenoxy) is 1. The predicted molar refractivity (Wildman–Crippen MR) is 122 cm³/mol. The van der Waals surface area contributed by atoms with Gasteiger partial charge >= 0.3 is 0 Å². The van der Waals surface area contributed by atoms with E-state index in [0.717, 1.165) is 28.3 Å². The van der Waals surface area contributed by atoms with E-state index in [1.54, 1.807) is 12.0 Å². The highest BCUT2D eigenvalue weighted by atomic mass is 32.2. The number of nitrogens with zero attached hydrogens (tertiary/aromatic N) is 2. The maximum absolute atomic E-state index is 13.2. The molecule has 5 nitrogen and oxygen atoms in total. The van der Waals surface area contributed by atoms with Gasteiger partial charge in [-0.25, -0.2) is 4.99 Å². The fourth-order valence-corrected chi connectivity index (χ4v) is 3.99. The summed E-state index contributed by atoms with van der Waals surface area (Å²) in [6.07, 6.45) is 1.85. The highest BCUT2D eigenvalue weighted by molar-refractivity contribution is 8.19. The van der Waals surface area contributed by atoms with E-state index in [-0.39, 0.29) is 12.5 Å². The van der Waals surface area contributed by atoms with Crippen LogP contribution in [0.2, 0.25) is 0 Å². The van der Waals surface area contributed by atoms with Gasteiger partial charge in [0.1, 0.15) is 5.75 Å². The number of anilines is 1. The summed E-state index contributed by atoms with van der Waals surface area (Å²) in [6.45, 7) is -0.00894. The highest BCUT2D eigenvalue weighted by Gasteiger charge is 2.34. The first-order chi connectivity index (χ1) is 14.7. The van der Waals surface area contributed by atoms with E-state index in [2.05, 4.69) is 0 Å². The number of carbonyl (C=O) groups excluding carboxylic acids is 1. The first kappa shape index (κ1) is 19.9. The van der Waals surface area contributed by atoms with Gasteiger partial charge in [0.2, 0.25) is 0 Å². The topological polar surface area (TPSA) is 62.1 Å². The van der Waals surface area contributed by atoms with Gasteiger partial charge in [0, 0.05) is 0 Å². The van der Waals surface area contributed by atoms with Crippen molar-refractivity contribution in [1.82, 2.24) is 0 Å². The zero-order valence-electron chi connectivity index (χ0n) is 16.4. The van der Waals surface area contributed by atoms with Crippen LogP contribution < -0.4 is 9.64 Å². The van der Waals surface area contributed by atoms with Gasteiger partial charge in [0.15, 0.2) is 5.17 Å². The summed E-state index contributed by atoms with van der Waals surface area (Å²) in [5, 5.41) is 9.81. The number of aliphatic hydroxyl groups is 1. The Morgan fingerprint density at radius 3 is 2.33 bits per heavy atom. The Bertz CT molecular complexity index is 1090. The molecule has 3 aromatic rings. The molecule has 1 fully saturated rings. The van der Waals surface area contributed by atoms with Gasteiger partial charge < -0.3 is 9.84 Å². The Balaban J connectivity index is 1.71. The lowest BCUT2D eigenvalue weighted by Gasteiger charge is -2.15. The van der Waals surface area contributed by atoms with Gasteiger partial charge in [-0.3, -0.25) is 9.69 Å². The molecule has 3 aromatic carbocycles. The number of aliphatic imine (C=N–C) groups is 1. The van der Waals surface area contributed by atoms with Crippen molar-refractivity contribution in [3.8, 4) is 5.75 Å². The molecule has 1 N–H and O–H groups in total. The largest absolute Gasteiger partial charge is 0.497 e. The molecule has 1 saturated heterocycles. The summed E-state index contributed by atoms with van der Waals surface area (Å²) in [4.78, 5) is 20.2. The Morgan fingerprint density at radius 2 is 1.70 bits per heavy atom. The number of hydrogen-bond donors (Lipinski definition) is 1. The van der Waals surface area contributed by atoms with Crippen LogP contribution in [0, 0.1) is 0 Å². The van der Waals surface area contributed by atoms with E-state index in [1.807, 2.05) is 84.9 Å². The second kappa shape index (κ2) is 8.98. The zero-order valence-corrected chi connectivity index (χ0v) is 17.2. The minimum atomic E-state index is -0.121. The third-order valence-electron chi connectivity index (χ3n) is 4.58. The summed E-state index contributed by atoms with van der Waals surface area (Å²) < 4.78 is 5.20. The van der Waals surface area contributed by atoms with Crippen LogP contribution in [0.4, 0.5) is 11.4 Å². The third-order valence-corrected chi connectivity index (χ3v) is 5.55. The van der Waals surface area contributed by atoms with Gasteiger partial charge in [0.05, 0.1) is 30.0 Å². The second-order valence-corrected chi connectivity index (χ2v) is 7.59. The number of amidine groups is 1. The van der Waals surface area contributed by atoms with Crippen LogP contribution in [-0.4, -0.2) is 23.3 Å². The molecular weight excluding hydrogens is 396 g/mol. The molecule has 0 radical (unpaired) electrons. The molecule has 1 amide bonds. The van der Waals surface area contributed by atoms with Crippen LogP contribution >= 0.6 is 11.8 Å². The van der Waals surface area contributed by atoms with E-state index in [0.29, 0.717) is 10.1 Å². The molecular formula is C24H20N2O3S. The van der Waals surface area contributed by atoms with E-state index >= 15 is 0 Å². The third kappa shape index (κ3) is 4.30. The monoisotopic (exact) mass is 416 g/mol. The fraction of sp³-hybridized carbons (Fsp3) is 0.0833. The predicted octanol–water partition coefficient (Wildman–Crippen LogP) is 5.00. The van der Waals surface area contributed by atoms with Crippen LogP contribution in [0.5, 0.6) is 5.75 Å². The number of methoxy groups -OCH3 is 1. The van der Waals surface area contributed by atoms with Crippen molar-refractivity contribution in [3.63, 3.8) is 0 Å². The van der Waals surface area contributed by atoms with Crippen molar-refractivity contribution in [2.24, 2.45) is 4.99 Å². The van der Waals surface area contributed by atoms with Crippen molar-refractivity contribution in [2.75, 3.05) is 12.0 Å². The van der Waals surface area contributed by atoms with Crippen molar-refractivity contribution in [3.05, 3.63) is 94.9 Å². The SMILES string of the molecule is COc1ccc(/N=C2\S/C(=C\c3ccc(CO)cc3)C(=O)N2c2ccccc2)cc1. The summed E-state index contributed by atoms with van der Waals surface area (Å²) in [5.41, 5.74) is 3.22. The number of aliphatic hydroxyl groups excluding tert-OH is 1. The maximum atomic E-state index is 13.2. The number of benzene rings is 3. The van der Waals surface area contributed by atoms with Gasteiger partial charge in [-0.05, 0) is 65.4 Å². The molecule has 0 bridgehead atoms. The summed E-state index contributed by atoms with van der Waals surface area (Å²) in [5.74, 6) is 0.630. The molecule has 150 valence electrons. The molecule has 1 heterocycles. The van der Waals surface area contributed by atoms with Crippen molar-refractivity contribution in [2.45, 2.75) is 6.61 Å². The first-order valence-corrected chi connectivity index (χ1v) is 10.2. The lowest BCUT2D eigenvalue weighted by atomic mass is 10.1. The molecule has 0 saturated carbocycles. The van der Waals surface area contributed by atoms with Crippen LogP contribution in [-0.2, 0) is 11.4 Å². The number of rotatable bonds is 5. The van der Waals surface area contributed by atoms with Crippen LogP contribution in [0.1, 0.15) is 11.1 Å². The van der Waals surface area contributed by atoms with Crippen molar-refractivity contribution in [1.29, 1.82) is 0 Å². The molecule has 6 heteroatoms. The Morgan fingerprint density at radius 1 is 1.00 bits per heavy atom. The molecule has 0 spiro atoms. The standard InChI is InChI=1S/C24H20N2O3S/c1-29-21-13-11-19(12-14-21)25-24-26(20-5-3-2-4-6-20)23(28)22(30-24)15-17-7-9-18(16-27)10-8-17/h2-15,27H,16H2,1H3/b22-15-,25-24-. The van der Waals surface area contributed by atoms with E-state index in [1.165, 1.54) is 11.8 Å². The second-order valence-electron chi connectivity index (χ2n) is 6.58. The van der Waals surface area contributed by atoms with E-state index < -0.39 is 0 Å². The van der Waals surface area contributed by atoms with Gasteiger partial charge in [-0.2, -0.15) is 0 Å². The van der Waals surface area contributed by atoms with E-state index in [4.69, 9.17) is 9.73 Å². The lowest BCUT2D eigenvalue weighted by molar-refractivity contribution is -0.113. The number of amides is 1. The van der Waals surface area contributed by atoms with Crippen LogP contribution in [0.25, 0.3) is 6.08 Å². The molecule has 0 unspecified atom stereocenters. The maximum Gasteiger partial charge on any atom is 0.271 e. The molecule has 4 rings (SSSR count). The van der Waals surface area contributed by atoms with Crippen LogP contribution in [0.15, 0.2) is 88.8 Å². The minimum Gasteiger partial charge on any atom is -0.497 e. The molecule has 0 atom stereocenters. The summed E-state index contributed by atoms with van der Waals surface area (Å²) in [6, 6.07) is 24.3. The lowest BCUT2D eigenvalue weighted by Crippen LogP contribution is -2.28. The molecule has 0 aromatic heterocycles. The molecule has 30 heavy (non-hydrogen) atoms. The van der Waals surface area contributed by atoms with Gasteiger partial charge in [-0.1, -0.05) is 42.5 Å². The Hall–Kier alpha value is -3.35. The number of para-hydroxylation sites is 1. The van der Waals surface area contributed by atoms with Crippen molar-refractivity contribution >= 4 is 40.3 Å². The summed E-state index contributed by atoms with van der Waals surface area (Å²) in [7, 11) is 1.62. The number of thioether (sulfide) groups is 1. The van der Waals surface area contributed by atoms with E-state index in [9.17, 15) is 9.90 Å². The van der Waals surface area contributed by atoms with Crippen LogP contribution in [0.3, 0.4) is 0 Å². The number of hydrogen-bond acceptors (Lipinski definition) is 5. The van der Waals surface area contributed by atoms with Gasteiger partial charge in [-0.15, -0.1) is 0 Å². The normalized spacial score (nSPS) is 16.5. The summed E-state index contributed by atoms with van der Waals surface area (Å²) >= 11 is 1.34. The zero-order chi connectivity index (χ0) is 20.9. The highest BCUT2D eigenvalue weighted by Crippen LogP contribution is 2.37. The quantitative estimate of drug-likeness (QED) is 0.595. The minimum absolute atomic E-state index is 0.00894. The average Bonchev–Trinajstić information content (AvgIpc) is 3.10. The first-order valence-electron chi connectivity index (χ1n) is 9.39. The smallest absolute Gasteiger partial charge is 0.271 e. The number of carbonyl (C=O) groups is 1. The molecule has 1 aliphatic heterocycles. The van der Waals surface area contributed by atoms with Gasteiger partial charge in [0.25, 0.3) is 5.91 Å². The average molecular weight is 417 g/mol. The Labute approximate surface area is 179 Å². The Kier molecular flexibility index (Phi) is 5.97. The fourth-order valence-electron chi connectivity index (χ4n) is 2.99.